The molecule has 1 atom stereocenters. The number of benzene rings is 1. The molecule has 0 spiro atoms. The van der Waals surface area contributed by atoms with Crippen molar-refractivity contribution in [2.75, 3.05) is 0 Å². The van der Waals surface area contributed by atoms with E-state index >= 15 is 0 Å². The Morgan fingerprint density at radius 2 is 2.11 bits per heavy atom. The average molecular weight is 252 g/mol. The van der Waals surface area contributed by atoms with Crippen molar-refractivity contribution in [1.82, 2.24) is 9.97 Å². The lowest BCUT2D eigenvalue weighted by Gasteiger charge is -2.26. The van der Waals surface area contributed by atoms with Gasteiger partial charge in [0.1, 0.15) is 5.82 Å². The standard InChI is InChI=1S/C16H16N2O/c19-15-7-6-11-10-2-1-3-14(16-17-8-9-18-16)12(10)4-5-13(11)15/h4-5,8-9,14H,1-3,6-7H2,(H,17,18). The van der Waals surface area contributed by atoms with E-state index in [-0.39, 0.29) is 0 Å². The lowest BCUT2D eigenvalue weighted by Crippen LogP contribution is -2.14. The molecule has 0 saturated carbocycles. The normalized spacial score (nSPS) is 21.3. The summed E-state index contributed by atoms with van der Waals surface area (Å²) in [6.07, 6.45) is 8.78. The van der Waals surface area contributed by atoms with Gasteiger partial charge in [-0.3, -0.25) is 4.79 Å². The monoisotopic (exact) mass is 252 g/mol. The number of carbonyl (C=O) groups is 1. The van der Waals surface area contributed by atoms with Gasteiger partial charge in [0.25, 0.3) is 0 Å². The molecule has 19 heavy (non-hydrogen) atoms. The molecule has 0 bridgehead atoms. The van der Waals surface area contributed by atoms with E-state index in [0.29, 0.717) is 18.1 Å². The molecule has 3 heteroatoms. The molecule has 0 aliphatic heterocycles. The Bertz CT molecular complexity index is 643. The van der Waals surface area contributed by atoms with Crippen LogP contribution in [0.1, 0.15) is 58.1 Å². The van der Waals surface area contributed by atoms with Crippen LogP contribution < -0.4 is 0 Å². The molecule has 0 amide bonds. The van der Waals surface area contributed by atoms with Crippen LogP contribution in [0.25, 0.3) is 0 Å². The van der Waals surface area contributed by atoms with Gasteiger partial charge in [0.15, 0.2) is 5.78 Å². The van der Waals surface area contributed by atoms with E-state index in [1.54, 1.807) is 0 Å². The molecule has 3 nitrogen and oxygen atoms in total. The number of hydrogen-bond donors (Lipinski definition) is 1. The van der Waals surface area contributed by atoms with Crippen LogP contribution in [0.5, 0.6) is 0 Å². The van der Waals surface area contributed by atoms with Gasteiger partial charge in [0.05, 0.1) is 0 Å². The van der Waals surface area contributed by atoms with E-state index < -0.39 is 0 Å². The number of imidazole rings is 1. The van der Waals surface area contributed by atoms with Gasteiger partial charge in [-0.05, 0) is 42.4 Å². The highest BCUT2D eigenvalue weighted by Crippen LogP contribution is 2.39. The summed E-state index contributed by atoms with van der Waals surface area (Å²) in [6, 6.07) is 4.19. The number of aromatic nitrogens is 2. The Morgan fingerprint density at radius 3 is 2.95 bits per heavy atom. The second kappa shape index (κ2) is 4.05. The first-order chi connectivity index (χ1) is 9.34. The molecule has 1 unspecified atom stereocenters. The van der Waals surface area contributed by atoms with Crippen molar-refractivity contribution in [1.29, 1.82) is 0 Å². The van der Waals surface area contributed by atoms with Crippen LogP contribution >= 0.6 is 0 Å². The lowest BCUT2D eigenvalue weighted by molar-refractivity contribution is 0.0994. The maximum Gasteiger partial charge on any atom is 0.163 e. The van der Waals surface area contributed by atoms with E-state index in [4.69, 9.17) is 0 Å². The zero-order chi connectivity index (χ0) is 12.8. The number of carbonyl (C=O) groups excluding carboxylic acids is 1. The maximum absolute atomic E-state index is 11.8. The first-order valence-electron chi connectivity index (χ1n) is 7.01. The predicted octanol–water partition coefficient (Wildman–Crippen LogP) is 3.01. The number of hydrogen-bond acceptors (Lipinski definition) is 2. The van der Waals surface area contributed by atoms with Crippen molar-refractivity contribution in [2.45, 2.75) is 38.0 Å². The van der Waals surface area contributed by atoms with Gasteiger partial charge < -0.3 is 4.98 Å². The Balaban J connectivity index is 1.87. The summed E-state index contributed by atoms with van der Waals surface area (Å²) < 4.78 is 0. The van der Waals surface area contributed by atoms with Crippen LogP contribution in [0.15, 0.2) is 24.5 Å². The second-order valence-corrected chi connectivity index (χ2v) is 5.50. The highest BCUT2D eigenvalue weighted by Gasteiger charge is 2.30. The zero-order valence-corrected chi connectivity index (χ0v) is 10.8. The van der Waals surface area contributed by atoms with Crippen molar-refractivity contribution in [3.8, 4) is 0 Å². The SMILES string of the molecule is O=C1CCc2c1ccc1c2CCCC1c1ncc[nH]1. The summed E-state index contributed by atoms with van der Waals surface area (Å²) >= 11 is 0. The molecule has 0 saturated heterocycles. The Kier molecular flexibility index (Phi) is 2.34. The fourth-order valence-corrected chi connectivity index (χ4v) is 3.64. The summed E-state index contributed by atoms with van der Waals surface area (Å²) in [5, 5.41) is 0. The first kappa shape index (κ1) is 11.0. The summed E-state index contributed by atoms with van der Waals surface area (Å²) in [7, 11) is 0. The van der Waals surface area contributed by atoms with Crippen LogP contribution in [0.4, 0.5) is 0 Å². The number of Topliss-reactive ketones (excluding diaryl/α,β-unsaturated/α-hetero) is 1. The summed E-state index contributed by atoms with van der Waals surface area (Å²) in [5.41, 5.74) is 5.10. The van der Waals surface area contributed by atoms with E-state index in [2.05, 4.69) is 16.0 Å². The number of aromatic amines is 1. The van der Waals surface area contributed by atoms with Gasteiger partial charge in [-0.25, -0.2) is 4.98 Å². The van der Waals surface area contributed by atoms with Crippen molar-refractivity contribution in [3.05, 3.63) is 52.6 Å². The molecule has 1 heterocycles. The number of rotatable bonds is 1. The Labute approximate surface area is 112 Å². The van der Waals surface area contributed by atoms with Crippen molar-refractivity contribution in [2.24, 2.45) is 0 Å². The molecule has 4 rings (SSSR count). The number of nitrogens with zero attached hydrogens (tertiary/aromatic N) is 1. The fourth-order valence-electron chi connectivity index (χ4n) is 3.64. The largest absolute Gasteiger partial charge is 0.348 e. The van der Waals surface area contributed by atoms with Crippen molar-refractivity contribution >= 4 is 5.78 Å². The van der Waals surface area contributed by atoms with Gasteiger partial charge in [-0.1, -0.05) is 12.1 Å². The minimum absolute atomic E-state index is 0.318. The predicted molar refractivity (Wildman–Crippen MR) is 72.5 cm³/mol. The van der Waals surface area contributed by atoms with Crippen molar-refractivity contribution < 1.29 is 4.79 Å². The molecular formula is C16H16N2O. The summed E-state index contributed by atoms with van der Waals surface area (Å²) in [6.45, 7) is 0. The number of H-pyrrole nitrogens is 1. The average Bonchev–Trinajstić information content (AvgIpc) is 3.08. The minimum atomic E-state index is 0.318. The first-order valence-corrected chi connectivity index (χ1v) is 7.01. The number of nitrogens with one attached hydrogen (secondary N) is 1. The molecule has 1 N–H and O–H groups in total. The highest BCUT2D eigenvalue weighted by molar-refractivity contribution is 6.01. The second-order valence-electron chi connectivity index (χ2n) is 5.50. The third kappa shape index (κ3) is 1.57. The third-order valence-electron chi connectivity index (χ3n) is 4.51. The van der Waals surface area contributed by atoms with Gasteiger partial charge in [-0.15, -0.1) is 0 Å². The van der Waals surface area contributed by atoms with E-state index in [9.17, 15) is 4.79 Å². The molecular weight excluding hydrogens is 236 g/mol. The topological polar surface area (TPSA) is 45.8 Å². The smallest absolute Gasteiger partial charge is 0.163 e. The van der Waals surface area contributed by atoms with Crippen LogP contribution in [0.3, 0.4) is 0 Å². The van der Waals surface area contributed by atoms with Gasteiger partial charge in [0.2, 0.25) is 0 Å². The zero-order valence-electron chi connectivity index (χ0n) is 10.8. The van der Waals surface area contributed by atoms with Crippen LogP contribution in [-0.2, 0) is 12.8 Å². The fraction of sp³-hybridized carbons (Fsp3) is 0.375. The third-order valence-corrected chi connectivity index (χ3v) is 4.51. The van der Waals surface area contributed by atoms with Gasteiger partial charge in [-0.2, -0.15) is 0 Å². The molecule has 96 valence electrons. The minimum Gasteiger partial charge on any atom is -0.348 e. The quantitative estimate of drug-likeness (QED) is 0.848. The summed E-state index contributed by atoms with van der Waals surface area (Å²) in [5.74, 6) is 1.75. The molecule has 1 aromatic carbocycles. The highest BCUT2D eigenvalue weighted by atomic mass is 16.1. The maximum atomic E-state index is 11.8. The molecule has 2 aliphatic rings. The van der Waals surface area contributed by atoms with Gasteiger partial charge >= 0.3 is 0 Å². The number of ketones is 1. The Morgan fingerprint density at radius 1 is 1.16 bits per heavy atom. The van der Waals surface area contributed by atoms with E-state index in [1.807, 2.05) is 18.5 Å². The van der Waals surface area contributed by atoms with Crippen LogP contribution in [0, 0.1) is 0 Å². The van der Waals surface area contributed by atoms with Gasteiger partial charge in [0, 0.05) is 30.3 Å². The van der Waals surface area contributed by atoms with E-state index in [0.717, 1.165) is 30.7 Å². The molecule has 1 aromatic heterocycles. The van der Waals surface area contributed by atoms with E-state index in [1.165, 1.54) is 23.1 Å². The lowest BCUT2D eigenvalue weighted by atomic mass is 9.79. The Hall–Kier alpha value is -1.90. The molecule has 2 aliphatic carbocycles. The number of fused-ring (bicyclic) bond motifs is 3. The van der Waals surface area contributed by atoms with Crippen molar-refractivity contribution in [3.63, 3.8) is 0 Å². The van der Waals surface area contributed by atoms with Crippen LogP contribution in [0.2, 0.25) is 0 Å². The summed E-state index contributed by atoms with van der Waals surface area (Å²) in [4.78, 5) is 19.5. The molecule has 2 aromatic rings. The molecule has 0 radical (unpaired) electrons. The molecule has 0 fully saturated rings. The van der Waals surface area contributed by atoms with Crippen LogP contribution in [-0.4, -0.2) is 15.8 Å².